The highest BCUT2D eigenvalue weighted by Crippen LogP contribution is 2.30. The van der Waals surface area contributed by atoms with Crippen molar-refractivity contribution in [3.63, 3.8) is 0 Å². The zero-order valence-corrected chi connectivity index (χ0v) is 11.9. The summed E-state index contributed by atoms with van der Waals surface area (Å²) in [5.74, 6) is -0.774. The van der Waals surface area contributed by atoms with Gasteiger partial charge < -0.3 is 4.74 Å². The number of methoxy groups -OCH3 is 1. The standard InChI is InChI=1S/C9H7BrF2INO2/c1-16-9(15)6-4(13)3-14-5(2-10)7(6)8(11)12/h3,8H,2H2,1H3. The predicted molar refractivity (Wildman–Crippen MR) is 65.9 cm³/mol. The number of nitrogens with zero attached hydrogens (tertiary/aromatic N) is 1. The molecule has 0 bridgehead atoms. The molecule has 0 radical (unpaired) electrons. The summed E-state index contributed by atoms with van der Waals surface area (Å²) in [5.41, 5.74) is -0.325. The Morgan fingerprint density at radius 3 is 2.75 bits per heavy atom. The van der Waals surface area contributed by atoms with Gasteiger partial charge in [0.05, 0.1) is 23.9 Å². The first-order chi connectivity index (χ1) is 7.52. The molecule has 1 aromatic rings. The number of hydrogen-bond donors (Lipinski definition) is 0. The van der Waals surface area contributed by atoms with Crippen LogP contribution in [0.1, 0.15) is 28.0 Å². The molecule has 88 valence electrons. The molecule has 1 aromatic heterocycles. The van der Waals surface area contributed by atoms with Gasteiger partial charge in [-0.15, -0.1) is 0 Å². The first-order valence-corrected chi connectivity index (χ1v) is 6.32. The molecule has 0 unspecified atom stereocenters. The van der Waals surface area contributed by atoms with Gasteiger partial charge in [-0.3, -0.25) is 4.98 Å². The normalized spacial score (nSPS) is 10.6. The molecule has 0 aliphatic heterocycles. The van der Waals surface area contributed by atoms with Gasteiger partial charge >= 0.3 is 5.97 Å². The summed E-state index contributed by atoms with van der Waals surface area (Å²) in [6.45, 7) is 0. The fraction of sp³-hybridized carbons (Fsp3) is 0.333. The highest BCUT2D eigenvalue weighted by molar-refractivity contribution is 14.1. The third kappa shape index (κ3) is 2.68. The summed E-state index contributed by atoms with van der Waals surface area (Å²) in [4.78, 5) is 15.3. The van der Waals surface area contributed by atoms with Crippen molar-refractivity contribution in [2.45, 2.75) is 11.8 Å². The molecule has 0 amide bonds. The Morgan fingerprint density at radius 1 is 1.69 bits per heavy atom. The van der Waals surface area contributed by atoms with Crippen LogP contribution in [0.3, 0.4) is 0 Å². The maximum Gasteiger partial charge on any atom is 0.339 e. The Balaban J connectivity index is 3.48. The van der Waals surface area contributed by atoms with E-state index in [9.17, 15) is 13.6 Å². The second kappa shape index (κ2) is 5.85. The number of aromatic nitrogens is 1. The van der Waals surface area contributed by atoms with Gasteiger partial charge in [-0.25, -0.2) is 13.6 Å². The van der Waals surface area contributed by atoms with Crippen molar-refractivity contribution in [2.75, 3.05) is 7.11 Å². The molecule has 16 heavy (non-hydrogen) atoms. The Morgan fingerprint density at radius 2 is 2.31 bits per heavy atom. The maximum atomic E-state index is 12.9. The molecule has 0 saturated heterocycles. The third-order valence-electron chi connectivity index (χ3n) is 1.89. The van der Waals surface area contributed by atoms with Gasteiger partial charge in [0.25, 0.3) is 6.43 Å². The largest absolute Gasteiger partial charge is 0.465 e. The molecule has 0 fully saturated rings. The fourth-order valence-electron chi connectivity index (χ4n) is 1.19. The quantitative estimate of drug-likeness (QED) is 0.440. The van der Waals surface area contributed by atoms with Crippen LogP contribution in [0, 0.1) is 3.57 Å². The van der Waals surface area contributed by atoms with Crippen LogP contribution in [0.4, 0.5) is 8.78 Å². The van der Waals surface area contributed by atoms with E-state index in [0.29, 0.717) is 3.57 Å². The van der Waals surface area contributed by atoms with E-state index in [1.807, 2.05) is 0 Å². The van der Waals surface area contributed by atoms with Gasteiger partial charge in [0.15, 0.2) is 0 Å². The minimum Gasteiger partial charge on any atom is -0.465 e. The Kier molecular flexibility index (Phi) is 5.03. The second-order valence-corrected chi connectivity index (χ2v) is 4.49. The zero-order valence-electron chi connectivity index (χ0n) is 8.14. The van der Waals surface area contributed by atoms with Crippen molar-refractivity contribution < 1.29 is 18.3 Å². The van der Waals surface area contributed by atoms with Gasteiger partial charge in [-0.2, -0.15) is 0 Å². The number of ether oxygens (including phenoxy) is 1. The van der Waals surface area contributed by atoms with Gasteiger partial charge in [0.1, 0.15) is 0 Å². The summed E-state index contributed by atoms with van der Waals surface area (Å²) in [6.07, 6.45) is -1.39. The lowest BCUT2D eigenvalue weighted by Gasteiger charge is -2.12. The van der Waals surface area contributed by atoms with Gasteiger partial charge in [-0.05, 0) is 22.6 Å². The maximum absolute atomic E-state index is 12.9. The van der Waals surface area contributed by atoms with Gasteiger partial charge in [-0.1, -0.05) is 15.9 Å². The number of halogens is 4. The van der Waals surface area contributed by atoms with E-state index in [1.54, 1.807) is 22.6 Å². The number of hydrogen-bond acceptors (Lipinski definition) is 3. The van der Waals surface area contributed by atoms with E-state index < -0.39 is 12.4 Å². The molecule has 3 nitrogen and oxygen atoms in total. The van der Waals surface area contributed by atoms with E-state index in [-0.39, 0.29) is 22.2 Å². The SMILES string of the molecule is COC(=O)c1c(I)cnc(CBr)c1C(F)F. The molecule has 0 aromatic carbocycles. The van der Waals surface area contributed by atoms with E-state index in [0.717, 1.165) is 7.11 Å². The molecule has 0 spiro atoms. The molecule has 0 saturated carbocycles. The van der Waals surface area contributed by atoms with Crippen LogP contribution in [0.15, 0.2) is 6.20 Å². The minimum atomic E-state index is -2.76. The molecule has 1 heterocycles. The summed E-state index contributed by atoms with van der Waals surface area (Å²) in [6, 6.07) is 0. The summed E-state index contributed by atoms with van der Waals surface area (Å²) >= 11 is 4.83. The highest BCUT2D eigenvalue weighted by Gasteiger charge is 2.25. The number of pyridine rings is 1. The Labute approximate surface area is 113 Å². The van der Waals surface area contributed by atoms with E-state index in [1.165, 1.54) is 6.20 Å². The summed E-state index contributed by atoms with van der Waals surface area (Å²) < 4.78 is 30.6. The lowest BCUT2D eigenvalue weighted by atomic mass is 10.1. The first-order valence-electron chi connectivity index (χ1n) is 4.12. The molecule has 0 aliphatic rings. The van der Waals surface area contributed by atoms with Crippen molar-refractivity contribution in [3.8, 4) is 0 Å². The minimum absolute atomic E-state index is 0.109. The van der Waals surface area contributed by atoms with Crippen LogP contribution < -0.4 is 0 Å². The molecule has 0 atom stereocenters. The number of rotatable bonds is 3. The monoisotopic (exact) mass is 405 g/mol. The van der Waals surface area contributed by atoms with Crippen molar-refractivity contribution in [3.05, 3.63) is 26.6 Å². The van der Waals surface area contributed by atoms with Crippen LogP contribution in [0.2, 0.25) is 0 Å². The smallest absolute Gasteiger partial charge is 0.339 e. The molecular formula is C9H7BrF2INO2. The predicted octanol–water partition coefficient (Wildman–Crippen LogP) is 3.31. The van der Waals surface area contributed by atoms with Gasteiger partial charge in [0, 0.05) is 15.1 Å². The van der Waals surface area contributed by atoms with E-state index in [4.69, 9.17) is 0 Å². The van der Waals surface area contributed by atoms with Crippen molar-refractivity contribution in [2.24, 2.45) is 0 Å². The van der Waals surface area contributed by atoms with Crippen LogP contribution in [-0.2, 0) is 10.1 Å². The third-order valence-corrected chi connectivity index (χ3v) is 3.24. The number of carbonyl (C=O) groups is 1. The zero-order chi connectivity index (χ0) is 12.3. The molecule has 1 rings (SSSR count). The van der Waals surface area contributed by atoms with E-state index in [2.05, 4.69) is 25.7 Å². The summed E-state index contributed by atoms with van der Waals surface area (Å²) in [7, 11) is 1.15. The number of carbonyl (C=O) groups excluding carboxylic acids is 1. The lowest BCUT2D eigenvalue weighted by Crippen LogP contribution is -2.12. The highest BCUT2D eigenvalue weighted by atomic mass is 127. The number of esters is 1. The fourth-order valence-corrected chi connectivity index (χ4v) is 2.29. The van der Waals surface area contributed by atoms with Crippen LogP contribution >= 0.6 is 38.5 Å². The Bertz CT molecular complexity index is 415. The summed E-state index contributed by atoms with van der Waals surface area (Å²) in [5, 5.41) is 0.160. The molecular weight excluding hydrogens is 399 g/mol. The van der Waals surface area contributed by atoms with Crippen LogP contribution in [-0.4, -0.2) is 18.1 Å². The van der Waals surface area contributed by atoms with Gasteiger partial charge in [0.2, 0.25) is 0 Å². The van der Waals surface area contributed by atoms with Crippen molar-refractivity contribution in [1.82, 2.24) is 4.98 Å². The average molecular weight is 406 g/mol. The second-order valence-electron chi connectivity index (χ2n) is 2.77. The molecule has 0 N–H and O–H groups in total. The van der Waals surface area contributed by atoms with Crippen LogP contribution in [0.25, 0.3) is 0 Å². The van der Waals surface area contributed by atoms with Crippen molar-refractivity contribution >= 4 is 44.5 Å². The topological polar surface area (TPSA) is 39.2 Å². The average Bonchev–Trinajstić information content (AvgIpc) is 2.27. The first kappa shape index (κ1) is 13.8. The van der Waals surface area contributed by atoms with Crippen molar-refractivity contribution in [1.29, 1.82) is 0 Å². The Hall–Kier alpha value is -0.310. The molecule has 0 aliphatic carbocycles. The molecule has 7 heteroatoms. The number of alkyl halides is 3. The lowest BCUT2D eigenvalue weighted by molar-refractivity contribution is 0.0587. The van der Waals surface area contributed by atoms with Crippen LogP contribution in [0.5, 0.6) is 0 Å². The van der Waals surface area contributed by atoms with E-state index >= 15 is 0 Å².